The smallest absolute Gasteiger partial charge is 0.226 e. The van der Waals surface area contributed by atoms with Gasteiger partial charge in [-0.05, 0) is 36.6 Å². The quantitative estimate of drug-likeness (QED) is 0.482. The summed E-state index contributed by atoms with van der Waals surface area (Å²) < 4.78 is 6.49. The molecule has 0 unspecified atom stereocenters. The van der Waals surface area contributed by atoms with Crippen molar-refractivity contribution in [3.63, 3.8) is 0 Å². The average molecular weight is 365 g/mol. The van der Waals surface area contributed by atoms with Crippen molar-refractivity contribution in [1.29, 1.82) is 0 Å². The molecule has 0 fully saturated rings. The predicted molar refractivity (Wildman–Crippen MR) is 107 cm³/mol. The number of fused-ring (bicyclic) bond motifs is 2. The number of carbonyl (C=O) groups is 1. The van der Waals surface area contributed by atoms with Gasteiger partial charge >= 0.3 is 0 Å². The Hall–Kier alpha value is -2.70. The SMILES string of the molecule is CCOCCC(=O)Nc1cc(-c2cc3ccccc3s2)c2[nH]ncc2c1. The lowest BCUT2D eigenvalue weighted by atomic mass is 10.1. The predicted octanol–water partition coefficient (Wildman–Crippen LogP) is 4.81. The number of nitrogens with zero attached hydrogens (tertiary/aromatic N) is 1. The summed E-state index contributed by atoms with van der Waals surface area (Å²) in [6, 6.07) is 14.4. The number of carbonyl (C=O) groups excluding carboxylic acids is 1. The van der Waals surface area contributed by atoms with Crippen molar-refractivity contribution in [2.75, 3.05) is 18.5 Å². The number of anilines is 1. The number of amides is 1. The molecule has 5 nitrogen and oxygen atoms in total. The van der Waals surface area contributed by atoms with Crippen LogP contribution in [0.2, 0.25) is 0 Å². The molecule has 0 saturated carbocycles. The Morgan fingerprint density at radius 2 is 2.12 bits per heavy atom. The Morgan fingerprint density at radius 1 is 1.23 bits per heavy atom. The minimum atomic E-state index is -0.0522. The van der Waals surface area contributed by atoms with E-state index < -0.39 is 0 Å². The third-order valence-electron chi connectivity index (χ3n) is 4.20. The maximum atomic E-state index is 12.1. The van der Waals surface area contributed by atoms with Gasteiger partial charge in [-0.1, -0.05) is 18.2 Å². The van der Waals surface area contributed by atoms with Gasteiger partial charge in [-0.15, -0.1) is 11.3 Å². The normalized spacial score (nSPS) is 11.3. The lowest BCUT2D eigenvalue weighted by Crippen LogP contribution is -2.14. The molecule has 0 atom stereocenters. The minimum absolute atomic E-state index is 0.0522. The van der Waals surface area contributed by atoms with Gasteiger partial charge in [0.05, 0.1) is 24.7 Å². The van der Waals surface area contributed by atoms with Crippen LogP contribution in [-0.2, 0) is 9.53 Å². The fourth-order valence-corrected chi connectivity index (χ4v) is 4.06. The standard InChI is InChI=1S/C20H19N3O2S/c1-2-25-8-7-19(24)22-15-9-14-12-21-23-20(14)16(11-15)18-10-13-5-3-4-6-17(13)26-18/h3-6,9-12H,2,7-8H2,1H3,(H,21,23)(H,22,24). The second-order valence-corrected chi connectivity index (χ2v) is 7.09. The van der Waals surface area contributed by atoms with Gasteiger partial charge in [-0.3, -0.25) is 9.89 Å². The lowest BCUT2D eigenvalue weighted by Gasteiger charge is -2.08. The zero-order valence-electron chi connectivity index (χ0n) is 14.4. The monoisotopic (exact) mass is 365 g/mol. The summed E-state index contributed by atoms with van der Waals surface area (Å²) in [4.78, 5) is 13.3. The van der Waals surface area contributed by atoms with E-state index in [-0.39, 0.29) is 5.91 Å². The summed E-state index contributed by atoms with van der Waals surface area (Å²) >= 11 is 1.73. The van der Waals surface area contributed by atoms with E-state index in [0.717, 1.165) is 27.0 Å². The number of aromatic nitrogens is 2. The molecule has 1 amide bonds. The number of thiophene rings is 1. The van der Waals surface area contributed by atoms with Gasteiger partial charge in [0.25, 0.3) is 0 Å². The zero-order valence-corrected chi connectivity index (χ0v) is 15.2. The van der Waals surface area contributed by atoms with Crippen LogP contribution in [0.4, 0.5) is 5.69 Å². The molecule has 0 aliphatic carbocycles. The number of benzene rings is 2. The first-order valence-electron chi connectivity index (χ1n) is 8.58. The van der Waals surface area contributed by atoms with Crippen LogP contribution in [0.5, 0.6) is 0 Å². The first-order chi connectivity index (χ1) is 12.7. The number of ether oxygens (including phenoxy) is 1. The van der Waals surface area contributed by atoms with Gasteiger partial charge < -0.3 is 10.1 Å². The highest BCUT2D eigenvalue weighted by Gasteiger charge is 2.12. The first kappa shape index (κ1) is 16.8. The van der Waals surface area contributed by atoms with Gasteiger partial charge in [-0.25, -0.2) is 0 Å². The molecule has 4 aromatic rings. The van der Waals surface area contributed by atoms with Crippen LogP contribution < -0.4 is 5.32 Å². The molecule has 6 heteroatoms. The molecule has 0 aliphatic heterocycles. The van der Waals surface area contributed by atoms with E-state index in [9.17, 15) is 4.79 Å². The molecule has 0 spiro atoms. The van der Waals surface area contributed by atoms with Crippen molar-refractivity contribution in [3.05, 3.63) is 48.7 Å². The Morgan fingerprint density at radius 3 is 2.96 bits per heavy atom. The van der Waals surface area contributed by atoms with Crippen LogP contribution in [0.25, 0.3) is 31.4 Å². The van der Waals surface area contributed by atoms with Gasteiger partial charge in [0.1, 0.15) is 0 Å². The number of aromatic amines is 1. The average Bonchev–Trinajstić information content (AvgIpc) is 3.27. The molecule has 2 heterocycles. The Kier molecular flexibility index (Phi) is 4.69. The maximum Gasteiger partial charge on any atom is 0.226 e. The van der Waals surface area contributed by atoms with Crippen LogP contribution in [0.3, 0.4) is 0 Å². The fourth-order valence-electron chi connectivity index (χ4n) is 2.97. The topological polar surface area (TPSA) is 67.0 Å². The van der Waals surface area contributed by atoms with E-state index in [2.05, 4.69) is 33.7 Å². The van der Waals surface area contributed by atoms with Crippen LogP contribution in [0.15, 0.2) is 48.7 Å². The van der Waals surface area contributed by atoms with Crippen molar-refractivity contribution in [1.82, 2.24) is 10.2 Å². The van der Waals surface area contributed by atoms with Gasteiger partial charge in [0.15, 0.2) is 0 Å². The van der Waals surface area contributed by atoms with E-state index in [1.165, 1.54) is 10.1 Å². The molecule has 2 N–H and O–H groups in total. The Labute approximate surface area is 155 Å². The van der Waals surface area contributed by atoms with Crippen molar-refractivity contribution in [2.24, 2.45) is 0 Å². The van der Waals surface area contributed by atoms with E-state index in [0.29, 0.717) is 19.6 Å². The molecule has 2 aromatic carbocycles. The summed E-state index contributed by atoms with van der Waals surface area (Å²) in [5, 5.41) is 12.4. The van der Waals surface area contributed by atoms with Crippen molar-refractivity contribution < 1.29 is 9.53 Å². The summed E-state index contributed by atoms with van der Waals surface area (Å²) in [5.74, 6) is -0.0522. The van der Waals surface area contributed by atoms with Gasteiger partial charge in [0.2, 0.25) is 5.91 Å². The number of hydrogen-bond acceptors (Lipinski definition) is 4. The zero-order chi connectivity index (χ0) is 17.9. The first-order valence-corrected chi connectivity index (χ1v) is 9.40. The highest BCUT2D eigenvalue weighted by molar-refractivity contribution is 7.22. The molecular weight excluding hydrogens is 346 g/mol. The third kappa shape index (κ3) is 3.34. The summed E-state index contributed by atoms with van der Waals surface area (Å²) in [7, 11) is 0. The van der Waals surface area contributed by atoms with Crippen LogP contribution >= 0.6 is 11.3 Å². The molecule has 2 aromatic heterocycles. The second kappa shape index (κ2) is 7.27. The molecule has 132 valence electrons. The Bertz CT molecular complexity index is 1030. The largest absolute Gasteiger partial charge is 0.381 e. The molecule has 0 aliphatic rings. The number of H-pyrrole nitrogens is 1. The lowest BCUT2D eigenvalue weighted by molar-refractivity contribution is -0.117. The summed E-state index contributed by atoms with van der Waals surface area (Å²) in [5.41, 5.74) is 2.79. The van der Waals surface area contributed by atoms with Gasteiger partial charge in [-0.2, -0.15) is 5.10 Å². The number of rotatable bonds is 6. The molecule has 26 heavy (non-hydrogen) atoms. The maximum absolute atomic E-state index is 12.1. The van der Waals surface area contributed by atoms with E-state index in [1.807, 2.05) is 31.2 Å². The number of hydrogen-bond donors (Lipinski definition) is 2. The third-order valence-corrected chi connectivity index (χ3v) is 5.35. The van der Waals surface area contributed by atoms with E-state index in [1.54, 1.807) is 17.5 Å². The minimum Gasteiger partial charge on any atom is -0.381 e. The summed E-state index contributed by atoms with van der Waals surface area (Å²) in [6.45, 7) is 2.96. The molecule has 0 radical (unpaired) electrons. The van der Waals surface area contributed by atoms with Crippen LogP contribution in [0, 0.1) is 0 Å². The number of nitrogens with one attached hydrogen (secondary N) is 2. The Balaban J connectivity index is 1.69. The van der Waals surface area contributed by atoms with E-state index in [4.69, 9.17) is 4.74 Å². The molecule has 4 rings (SSSR count). The van der Waals surface area contributed by atoms with Gasteiger partial charge in [0, 0.05) is 32.8 Å². The van der Waals surface area contributed by atoms with Crippen molar-refractivity contribution in [2.45, 2.75) is 13.3 Å². The van der Waals surface area contributed by atoms with Crippen molar-refractivity contribution >= 4 is 43.9 Å². The second-order valence-electron chi connectivity index (χ2n) is 6.00. The van der Waals surface area contributed by atoms with E-state index >= 15 is 0 Å². The molecule has 0 bridgehead atoms. The highest BCUT2D eigenvalue weighted by Crippen LogP contribution is 2.38. The molecule has 0 saturated heterocycles. The highest BCUT2D eigenvalue weighted by atomic mass is 32.1. The summed E-state index contributed by atoms with van der Waals surface area (Å²) in [6.07, 6.45) is 2.12. The fraction of sp³-hybridized carbons (Fsp3) is 0.200. The van der Waals surface area contributed by atoms with Crippen LogP contribution in [0.1, 0.15) is 13.3 Å². The van der Waals surface area contributed by atoms with Crippen molar-refractivity contribution in [3.8, 4) is 10.4 Å². The van der Waals surface area contributed by atoms with Crippen LogP contribution in [-0.4, -0.2) is 29.3 Å². The molecular formula is C20H19N3O2S.